The fraction of sp³-hybridized carbons (Fsp3) is 0.647. The summed E-state index contributed by atoms with van der Waals surface area (Å²) in [6.07, 6.45) is 9.69. The standard InChI is InChI=1S/C17H26/c1-3-5-15-8-12-17(13-9-15)16-10-6-14(4-2)7-11-16/h6-7,10-11,15,17H,3-5,8-9,12-13H2,1-2H3/t15-,17-. The van der Waals surface area contributed by atoms with E-state index in [1.807, 2.05) is 0 Å². The normalized spacial score (nSPS) is 24.8. The van der Waals surface area contributed by atoms with Crippen molar-refractivity contribution in [3.8, 4) is 0 Å². The van der Waals surface area contributed by atoms with Gasteiger partial charge in [-0.15, -0.1) is 0 Å². The molecule has 0 aromatic heterocycles. The maximum absolute atomic E-state index is 2.36. The molecule has 1 aliphatic rings. The van der Waals surface area contributed by atoms with E-state index >= 15 is 0 Å². The Balaban J connectivity index is 1.91. The van der Waals surface area contributed by atoms with E-state index in [1.54, 1.807) is 5.56 Å². The van der Waals surface area contributed by atoms with Crippen molar-refractivity contribution in [1.29, 1.82) is 0 Å². The first kappa shape index (κ1) is 12.7. The topological polar surface area (TPSA) is 0 Å². The Bertz CT molecular complexity index is 314. The summed E-state index contributed by atoms with van der Waals surface area (Å²) >= 11 is 0. The van der Waals surface area contributed by atoms with Gasteiger partial charge in [-0.25, -0.2) is 0 Å². The fourth-order valence-corrected chi connectivity index (χ4v) is 3.22. The molecule has 0 radical (unpaired) electrons. The minimum Gasteiger partial charge on any atom is -0.0654 e. The van der Waals surface area contributed by atoms with Gasteiger partial charge in [-0.3, -0.25) is 0 Å². The number of hydrogen-bond donors (Lipinski definition) is 0. The molecule has 0 nitrogen and oxygen atoms in total. The summed E-state index contributed by atoms with van der Waals surface area (Å²) in [5.41, 5.74) is 3.05. The van der Waals surface area contributed by atoms with Crippen molar-refractivity contribution in [2.75, 3.05) is 0 Å². The Labute approximate surface area is 106 Å². The second-order valence-electron chi connectivity index (χ2n) is 5.60. The molecule has 0 bridgehead atoms. The highest BCUT2D eigenvalue weighted by Gasteiger charge is 2.21. The lowest BCUT2D eigenvalue weighted by atomic mass is 9.77. The second-order valence-corrected chi connectivity index (χ2v) is 5.60. The van der Waals surface area contributed by atoms with E-state index < -0.39 is 0 Å². The van der Waals surface area contributed by atoms with Crippen molar-refractivity contribution in [2.24, 2.45) is 5.92 Å². The van der Waals surface area contributed by atoms with Crippen molar-refractivity contribution >= 4 is 0 Å². The minimum absolute atomic E-state index is 0.842. The number of aryl methyl sites for hydroxylation is 1. The molecule has 1 fully saturated rings. The Kier molecular flexibility index (Phi) is 4.65. The van der Waals surface area contributed by atoms with Gasteiger partial charge >= 0.3 is 0 Å². The molecule has 17 heavy (non-hydrogen) atoms. The highest BCUT2D eigenvalue weighted by atomic mass is 14.3. The van der Waals surface area contributed by atoms with Crippen molar-refractivity contribution in [3.63, 3.8) is 0 Å². The summed E-state index contributed by atoms with van der Waals surface area (Å²) in [5, 5.41) is 0. The second kappa shape index (κ2) is 6.23. The highest BCUT2D eigenvalue weighted by molar-refractivity contribution is 5.25. The van der Waals surface area contributed by atoms with E-state index in [-0.39, 0.29) is 0 Å². The first-order chi connectivity index (χ1) is 8.33. The Morgan fingerprint density at radius 1 is 0.941 bits per heavy atom. The Morgan fingerprint density at radius 2 is 1.59 bits per heavy atom. The highest BCUT2D eigenvalue weighted by Crippen LogP contribution is 2.37. The van der Waals surface area contributed by atoms with E-state index in [2.05, 4.69) is 38.1 Å². The fourth-order valence-electron chi connectivity index (χ4n) is 3.22. The molecule has 0 saturated heterocycles. The zero-order valence-corrected chi connectivity index (χ0v) is 11.4. The summed E-state index contributed by atoms with van der Waals surface area (Å²) in [4.78, 5) is 0. The van der Waals surface area contributed by atoms with Crippen molar-refractivity contribution in [1.82, 2.24) is 0 Å². The van der Waals surface area contributed by atoms with E-state index in [0.29, 0.717) is 0 Å². The molecule has 1 aliphatic carbocycles. The zero-order chi connectivity index (χ0) is 12.1. The summed E-state index contributed by atoms with van der Waals surface area (Å²) in [7, 11) is 0. The maximum Gasteiger partial charge on any atom is -0.0162 e. The van der Waals surface area contributed by atoms with Crippen molar-refractivity contribution < 1.29 is 0 Å². The van der Waals surface area contributed by atoms with Crippen LogP contribution in [0.1, 0.15) is 69.4 Å². The van der Waals surface area contributed by atoms with Crippen LogP contribution in [-0.4, -0.2) is 0 Å². The molecule has 1 saturated carbocycles. The predicted molar refractivity (Wildman–Crippen MR) is 75.4 cm³/mol. The van der Waals surface area contributed by atoms with Crippen LogP contribution in [0.15, 0.2) is 24.3 Å². The summed E-state index contributed by atoms with van der Waals surface area (Å²) in [6.45, 7) is 4.54. The number of hydrogen-bond acceptors (Lipinski definition) is 0. The first-order valence-corrected chi connectivity index (χ1v) is 7.42. The van der Waals surface area contributed by atoms with Crippen LogP contribution in [0.5, 0.6) is 0 Å². The lowest BCUT2D eigenvalue weighted by molar-refractivity contribution is 0.308. The monoisotopic (exact) mass is 230 g/mol. The molecular formula is C17H26. The molecule has 94 valence electrons. The molecule has 0 N–H and O–H groups in total. The van der Waals surface area contributed by atoms with Gasteiger partial charge in [0, 0.05) is 0 Å². The van der Waals surface area contributed by atoms with Gasteiger partial charge in [0.15, 0.2) is 0 Å². The van der Waals surface area contributed by atoms with Crippen LogP contribution >= 0.6 is 0 Å². The number of benzene rings is 1. The van der Waals surface area contributed by atoms with Gasteiger partial charge in [-0.2, -0.15) is 0 Å². The van der Waals surface area contributed by atoms with Crippen LogP contribution in [0.3, 0.4) is 0 Å². The lowest BCUT2D eigenvalue weighted by Crippen LogP contribution is -2.13. The van der Waals surface area contributed by atoms with Gasteiger partial charge in [0.2, 0.25) is 0 Å². The largest absolute Gasteiger partial charge is 0.0654 e. The molecule has 1 aromatic carbocycles. The lowest BCUT2D eigenvalue weighted by Gasteiger charge is -2.28. The van der Waals surface area contributed by atoms with E-state index in [1.165, 1.54) is 44.1 Å². The van der Waals surface area contributed by atoms with E-state index in [4.69, 9.17) is 0 Å². The summed E-state index contributed by atoms with van der Waals surface area (Å²) in [5.74, 6) is 1.86. The van der Waals surface area contributed by atoms with Crippen LogP contribution < -0.4 is 0 Å². The molecule has 0 spiro atoms. The zero-order valence-electron chi connectivity index (χ0n) is 11.4. The summed E-state index contributed by atoms with van der Waals surface area (Å²) in [6, 6.07) is 9.36. The quantitative estimate of drug-likeness (QED) is 0.656. The van der Waals surface area contributed by atoms with Gasteiger partial charge < -0.3 is 0 Å². The molecule has 0 amide bonds. The van der Waals surface area contributed by atoms with Crippen LogP contribution in [0, 0.1) is 5.92 Å². The minimum atomic E-state index is 0.842. The molecule has 2 rings (SSSR count). The number of rotatable bonds is 4. The third-order valence-electron chi connectivity index (χ3n) is 4.40. The maximum atomic E-state index is 2.36. The van der Waals surface area contributed by atoms with Gasteiger partial charge in [0.25, 0.3) is 0 Å². The van der Waals surface area contributed by atoms with Gasteiger partial charge in [0.1, 0.15) is 0 Å². The third-order valence-corrected chi connectivity index (χ3v) is 4.40. The Hall–Kier alpha value is -0.780. The molecule has 0 unspecified atom stereocenters. The molecule has 0 aliphatic heterocycles. The molecule has 0 atom stereocenters. The van der Waals surface area contributed by atoms with Gasteiger partial charge in [-0.1, -0.05) is 51.0 Å². The Morgan fingerprint density at radius 3 is 2.12 bits per heavy atom. The average molecular weight is 230 g/mol. The van der Waals surface area contributed by atoms with Crippen LogP contribution in [0.2, 0.25) is 0 Å². The molecule has 0 heterocycles. The van der Waals surface area contributed by atoms with Crippen LogP contribution in [-0.2, 0) is 6.42 Å². The summed E-state index contributed by atoms with van der Waals surface area (Å²) < 4.78 is 0. The SMILES string of the molecule is CCC[C@H]1CC[C@H](c2ccc(CC)cc2)CC1. The van der Waals surface area contributed by atoms with Crippen LogP contribution in [0.25, 0.3) is 0 Å². The van der Waals surface area contributed by atoms with Gasteiger partial charge in [0.05, 0.1) is 0 Å². The molecular weight excluding hydrogens is 204 g/mol. The predicted octanol–water partition coefficient (Wildman–Crippen LogP) is 5.32. The smallest absolute Gasteiger partial charge is 0.0162 e. The van der Waals surface area contributed by atoms with E-state index in [9.17, 15) is 0 Å². The average Bonchev–Trinajstić information content (AvgIpc) is 2.40. The first-order valence-electron chi connectivity index (χ1n) is 7.42. The van der Waals surface area contributed by atoms with E-state index in [0.717, 1.165) is 18.3 Å². The van der Waals surface area contributed by atoms with Crippen molar-refractivity contribution in [3.05, 3.63) is 35.4 Å². The molecule has 0 heteroatoms. The third kappa shape index (κ3) is 3.34. The van der Waals surface area contributed by atoms with Crippen molar-refractivity contribution in [2.45, 2.75) is 64.7 Å². The molecule has 1 aromatic rings. The van der Waals surface area contributed by atoms with Gasteiger partial charge in [-0.05, 0) is 55.1 Å². The van der Waals surface area contributed by atoms with Crippen LogP contribution in [0.4, 0.5) is 0 Å².